The highest BCUT2D eigenvalue weighted by atomic mass is 19.1. The lowest BCUT2D eigenvalue weighted by molar-refractivity contribution is -0.132. The van der Waals surface area contributed by atoms with Gasteiger partial charge in [0.1, 0.15) is 11.9 Å². The van der Waals surface area contributed by atoms with E-state index >= 15 is 0 Å². The number of nitrogens with zero attached hydrogens (tertiary/aromatic N) is 1. The summed E-state index contributed by atoms with van der Waals surface area (Å²) in [7, 11) is 0. The molecule has 2 N–H and O–H groups in total. The van der Waals surface area contributed by atoms with Crippen molar-refractivity contribution in [2.24, 2.45) is 0 Å². The first-order chi connectivity index (χ1) is 11.0. The Labute approximate surface area is 133 Å². The lowest BCUT2D eigenvalue weighted by Gasteiger charge is -2.27. The molecule has 0 aromatic heterocycles. The molecule has 0 aliphatic carbocycles. The maximum Gasteiger partial charge on any atom is 0.266 e. The molecule has 0 fully saturated rings. The zero-order valence-electron chi connectivity index (χ0n) is 12.8. The minimum absolute atomic E-state index is 0.241. The summed E-state index contributed by atoms with van der Waals surface area (Å²) in [6.07, 6.45) is 0. The van der Waals surface area contributed by atoms with Crippen molar-refractivity contribution in [1.29, 1.82) is 0 Å². The van der Waals surface area contributed by atoms with Crippen molar-refractivity contribution in [3.63, 3.8) is 0 Å². The Morgan fingerprint density at radius 3 is 2.35 bits per heavy atom. The zero-order chi connectivity index (χ0) is 17.0. The van der Waals surface area contributed by atoms with Gasteiger partial charge < -0.3 is 4.90 Å². The van der Waals surface area contributed by atoms with E-state index in [1.54, 1.807) is 36.4 Å². The van der Waals surface area contributed by atoms with Crippen LogP contribution in [0.25, 0.3) is 11.1 Å². The Morgan fingerprint density at radius 1 is 1.17 bits per heavy atom. The van der Waals surface area contributed by atoms with Crippen molar-refractivity contribution < 1.29 is 19.2 Å². The maximum absolute atomic E-state index is 14.4. The Bertz CT molecular complexity index is 719. The van der Waals surface area contributed by atoms with Crippen LogP contribution < -0.4 is 10.4 Å². The molecule has 2 rings (SSSR count). The van der Waals surface area contributed by atoms with E-state index in [1.807, 2.05) is 6.07 Å². The number of anilines is 1. The molecular formula is C17H17FN2O3. The Balaban J connectivity index is 2.41. The summed E-state index contributed by atoms with van der Waals surface area (Å²) in [5, 5.41) is 8.72. The molecule has 0 bridgehead atoms. The van der Waals surface area contributed by atoms with Crippen LogP contribution in [0.1, 0.15) is 13.8 Å². The Hall–Kier alpha value is -2.73. The van der Waals surface area contributed by atoms with E-state index in [0.717, 1.165) is 4.90 Å². The van der Waals surface area contributed by atoms with Crippen molar-refractivity contribution in [1.82, 2.24) is 5.48 Å². The summed E-state index contributed by atoms with van der Waals surface area (Å²) >= 11 is 0. The average Bonchev–Trinajstić information content (AvgIpc) is 2.54. The van der Waals surface area contributed by atoms with Gasteiger partial charge in [0.15, 0.2) is 0 Å². The molecule has 0 heterocycles. The molecule has 0 radical (unpaired) electrons. The minimum Gasteiger partial charge on any atom is -0.300 e. The molecule has 0 saturated heterocycles. The van der Waals surface area contributed by atoms with Crippen LogP contribution in [0, 0.1) is 5.82 Å². The van der Waals surface area contributed by atoms with Crippen molar-refractivity contribution in [2.75, 3.05) is 4.90 Å². The number of amides is 2. The molecule has 5 nitrogen and oxygen atoms in total. The van der Waals surface area contributed by atoms with Crippen LogP contribution >= 0.6 is 0 Å². The molecule has 2 aromatic carbocycles. The highest BCUT2D eigenvalue weighted by molar-refractivity contribution is 5.99. The van der Waals surface area contributed by atoms with Crippen LogP contribution in [0.2, 0.25) is 0 Å². The molecular weight excluding hydrogens is 299 g/mol. The van der Waals surface area contributed by atoms with E-state index < -0.39 is 23.7 Å². The van der Waals surface area contributed by atoms with Gasteiger partial charge in [-0.25, -0.2) is 9.87 Å². The first-order valence-corrected chi connectivity index (χ1v) is 7.04. The van der Waals surface area contributed by atoms with Gasteiger partial charge in [0.25, 0.3) is 5.91 Å². The second-order valence-electron chi connectivity index (χ2n) is 5.07. The molecule has 0 spiro atoms. The fourth-order valence-corrected chi connectivity index (χ4v) is 2.39. The number of halogens is 1. The van der Waals surface area contributed by atoms with Gasteiger partial charge in [-0.2, -0.15) is 0 Å². The van der Waals surface area contributed by atoms with Gasteiger partial charge >= 0.3 is 0 Å². The lowest BCUT2D eigenvalue weighted by atomic mass is 10.0. The van der Waals surface area contributed by atoms with Gasteiger partial charge in [-0.3, -0.25) is 14.8 Å². The van der Waals surface area contributed by atoms with Gasteiger partial charge in [0, 0.05) is 18.2 Å². The fourth-order valence-electron chi connectivity index (χ4n) is 2.39. The first-order valence-electron chi connectivity index (χ1n) is 7.04. The van der Waals surface area contributed by atoms with Gasteiger partial charge in [-0.05, 0) is 30.7 Å². The van der Waals surface area contributed by atoms with Crippen molar-refractivity contribution in [3.05, 3.63) is 54.3 Å². The topological polar surface area (TPSA) is 69.6 Å². The molecule has 23 heavy (non-hydrogen) atoms. The van der Waals surface area contributed by atoms with Gasteiger partial charge in [-0.1, -0.05) is 30.3 Å². The van der Waals surface area contributed by atoms with Crippen LogP contribution in [-0.4, -0.2) is 23.1 Å². The summed E-state index contributed by atoms with van der Waals surface area (Å²) in [6, 6.07) is 12.3. The number of rotatable bonds is 4. The van der Waals surface area contributed by atoms with E-state index in [9.17, 15) is 14.0 Å². The summed E-state index contributed by atoms with van der Waals surface area (Å²) in [5.74, 6) is -1.70. The molecule has 1 unspecified atom stereocenters. The highest BCUT2D eigenvalue weighted by Gasteiger charge is 2.25. The second kappa shape index (κ2) is 7.02. The van der Waals surface area contributed by atoms with Crippen LogP contribution in [0.4, 0.5) is 10.1 Å². The van der Waals surface area contributed by atoms with Crippen LogP contribution in [0.15, 0.2) is 48.5 Å². The third-order valence-electron chi connectivity index (χ3n) is 3.53. The summed E-state index contributed by atoms with van der Waals surface area (Å²) in [4.78, 5) is 24.5. The number of carbonyl (C=O) groups is 2. The van der Waals surface area contributed by atoms with Crippen LogP contribution in [0.3, 0.4) is 0 Å². The maximum atomic E-state index is 14.4. The standard InChI is InChI=1S/C17H17FN2O3/c1-11(17(22)19-23)20(12(2)21)14-8-9-15(16(18)10-14)13-6-4-3-5-7-13/h3-11,23H,1-2H3,(H,19,22). The van der Waals surface area contributed by atoms with Crippen molar-refractivity contribution in [3.8, 4) is 11.1 Å². The number of hydroxylamine groups is 1. The van der Waals surface area contributed by atoms with E-state index in [0.29, 0.717) is 11.1 Å². The first kappa shape index (κ1) is 16.6. The quantitative estimate of drug-likeness (QED) is 0.673. The number of carbonyl (C=O) groups excluding carboxylic acids is 2. The largest absolute Gasteiger partial charge is 0.300 e. The van der Waals surface area contributed by atoms with Crippen molar-refractivity contribution >= 4 is 17.5 Å². The number of hydrogen-bond acceptors (Lipinski definition) is 3. The molecule has 0 aliphatic rings. The lowest BCUT2D eigenvalue weighted by Crippen LogP contribution is -2.46. The smallest absolute Gasteiger partial charge is 0.266 e. The normalized spacial score (nSPS) is 11.7. The summed E-state index contributed by atoms with van der Waals surface area (Å²) in [5.41, 5.74) is 2.85. The number of nitrogens with one attached hydrogen (secondary N) is 1. The van der Waals surface area contributed by atoms with Crippen LogP contribution in [0.5, 0.6) is 0 Å². The monoisotopic (exact) mass is 316 g/mol. The molecule has 0 aliphatic heterocycles. The average molecular weight is 316 g/mol. The Morgan fingerprint density at radius 2 is 1.83 bits per heavy atom. The molecule has 2 aromatic rings. The molecule has 2 amide bonds. The molecule has 6 heteroatoms. The molecule has 1 atom stereocenters. The SMILES string of the molecule is CC(=O)N(c1ccc(-c2ccccc2)c(F)c1)C(C)C(=O)NO. The summed E-state index contributed by atoms with van der Waals surface area (Å²) < 4.78 is 14.4. The minimum atomic E-state index is -0.973. The third kappa shape index (κ3) is 3.54. The van der Waals surface area contributed by atoms with E-state index in [1.165, 1.54) is 25.4 Å². The van der Waals surface area contributed by atoms with E-state index in [4.69, 9.17) is 5.21 Å². The van der Waals surface area contributed by atoms with Gasteiger partial charge in [0.05, 0.1) is 0 Å². The van der Waals surface area contributed by atoms with E-state index in [-0.39, 0.29) is 5.69 Å². The summed E-state index contributed by atoms with van der Waals surface area (Å²) in [6.45, 7) is 2.71. The molecule has 0 saturated carbocycles. The van der Waals surface area contributed by atoms with Crippen LogP contribution in [-0.2, 0) is 9.59 Å². The van der Waals surface area contributed by atoms with Crippen molar-refractivity contribution in [2.45, 2.75) is 19.9 Å². The molecule has 120 valence electrons. The fraction of sp³-hybridized carbons (Fsp3) is 0.176. The van der Waals surface area contributed by atoms with E-state index in [2.05, 4.69) is 0 Å². The highest BCUT2D eigenvalue weighted by Crippen LogP contribution is 2.27. The number of benzene rings is 2. The van der Waals surface area contributed by atoms with Gasteiger partial charge in [0.2, 0.25) is 5.91 Å². The Kier molecular flexibility index (Phi) is 5.08. The second-order valence-corrected chi connectivity index (χ2v) is 5.07. The third-order valence-corrected chi connectivity index (χ3v) is 3.53. The predicted molar refractivity (Wildman–Crippen MR) is 84.4 cm³/mol. The van der Waals surface area contributed by atoms with Gasteiger partial charge in [-0.15, -0.1) is 0 Å². The number of hydrogen-bond donors (Lipinski definition) is 2. The predicted octanol–water partition coefficient (Wildman–Crippen LogP) is 2.74. The zero-order valence-corrected chi connectivity index (χ0v) is 12.8.